The predicted octanol–water partition coefficient (Wildman–Crippen LogP) is 3.28. The summed E-state index contributed by atoms with van der Waals surface area (Å²) in [7, 11) is 1.71. The van der Waals surface area contributed by atoms with Gasteiger partial charge in [0.15, 0.2) is 5.17 Å². The second kappa shape index (κ2) is 9.60. The number of furan rings is 1. The first kappa shape index (κ1) is 22.1. The van der Waals surface area contributed by atoms with Crippen LogP contribution in [0.2, 0.25) is 0 Å². The summed E-state index contributed by atoms with van der Waals surface area (Å²) in [5, 5.41) is 3.06. The van der Waals surface area contributed by atoms with Crippen LogP contribution in [0.15, 0.2) is 45.8 Å². The number of anilines is 1. The van der Waals surface area contributed by atoms with Crippen molar-refractivity contribution in [2.45, 2.75) is 38.0 Å². The maximum absolute atomic E-state index is 12.6. The number of benzene rings is 1. The number of rotatable bonds is 6. The Morgan fingerprint density at radius 2 is 1.91 bits per heavy atom. The molecule has 3 amide bonds. The normalized spacial score (nSPS) is 18.1. The SMILES string of the molecule is Cc1ccc(CN(C)C(=O)c2ccc(NC(=O)CC3SC(N4CCCC4)=NC3=O)cc2)o1. The number of hydrogen-bond acceptors (Lipinski definition) is 6. The highest BCUT2D eigenvalue weighted by molar-refractivity contribution is 8.15. The monoisotopic (exact) mass is 454 g/mol. The fourth-order valence-electron chi connectivity index (χ4n) is 3.73. The second-order valence-corrected chi connectivity index (χ2v) is 9.21. The first-order valence-corrected chi connectivity index (χ1v) is 11.5. The second-order valence-electron chi connectivity index (χ2n) is 8.04. The minimum absolute atomic E-state index is 0.0658. The van der Waals surface area contributed by atoms with Crippen molar-refractivity contribution in [3.63, 3.8) is 0 Å². The zero-order valence-corrected chi connectivity index (χ0v) is 19.0. The summed E-state index contributed by atoms with van der Waals surface area (Å²) in [6.07, 6.45) is 2.28. The van der Waals surface area contributed by atoms with E-state index in [4.69, 9.17) is 4.42 Å². The third kappa shape index (κ3) is 5.21. The van der Waals surface area contributed by atoms with Crippen LogP contribution in [0.3, 0.4) is 0 Å². The number of carbonyl (C=O) groups is 3. The number of aliphatic imine (C=N–C) groups is 1. The standard InChI is InChI=1S/C23H26N4O4S/c1-15-5-10-18(31-15)14-26(2)22(30)16-6-8-17(9-7-16)24-20(28)13-19-21(29)25-23(32-19)27-11-3-4-12-27/h5-10,19H,3-4,11-14H2,1-2H3,(H,24,28). The zero-order chi connectivity index (χ0) is 22.7. The lowest BCUT2D eigenvalue weighted by molar-refractivity contribution is -0.121. The molecule has 32 heavy (non-hydrogen) atoms. The molecule has 1 aromatic carbocycles. The van der Waals surface area contributed by atoms with Gasteiger partial charge in [-0.3, -0.25) is 14.4 Å². The van der Waals surface area contributed by atoms with Crippen LogP contribution in [0.25, 0.3) is 0 Å². The van der Waals surface area contributed by atoms with Gasteiger partial charge >= 0.3 is 0 Å². The molecule has 0 aliphatic carbocycles. The number of thioether (sulfide) groups is 1. The summed E-state index contributed by atoms with van der Waals surface area (Å²) < 4.78 is 5.52. The summed E-state index contributed by atoms with van der Waals surface area (Å²) in [6.45, 7) is 4.07. The maximum Gasteiger partial charge on any atom is 0.262 e. The lowest BCUT2D eigenvalue weighted by atomic mass is 10.1. The van der Waals surface area contributed by atoms with Crippen LogP contribution in [0.1, 0.15) is 41.1 Å². The summed E-state index contributed by atoms with van der Waals surface area (Å²) >= 11 is 1.37. The van der Waals surface area contributed by atoms with E-state index in [1.165, 1.54) is 11.8 Å². The summed E-state index contributed by atoms with van der Waals surface area (Å²) in [4.78, 5) is 45.1. The van der Waals surface area contributed by atoms with Crippen LogP contribution in [-0.4, -0.2) is 58.1 Å². The molecule has 8 nitrogen and oxygen atoms in total. The van der Waals surface area contributed by atoms with Crippen molar-refractivity contribution in [3.8, 4) is 0 Å². The minimum Gasteiger partial charge on any atom is -0.464 e. The molecule has 0 spiro atoms. The molecule has 1 N–H and O–H groups in total. The summed E-state index contributed by atoms with van der Waals surface area (Å²) in [5.74, 6) is 0.883. The molecular formula is C23H26N4O4S. The van der Waals surface area contributed by atoms with Crippen LogP contribution in [0, 0.1) is 6.92 Å². The molecule has 0 radical (unpaired) electrons. The maximum atomic E-state index is 12.6. The van der Waals surface area contributed by atoms with Crippen LogP contribution in [-0.2, 0) is 16.1 Å². The molecule has 1 atom stereocenters. The summed E-state index contributed by atoms with van der Waals surface area (Å²) in [5.41, 5.74) is 1.09. The first-order chi connectivity index (χ1) is 15.4. The molecule has 2 aromatic rings. The van der Waals surface area contributed by atoms with Gasteiger partial charge in [0.2, 0.25) is 5.91 Å². The quantitative estimate of drug-likeness (QED) is 0.720. The van der Waals surface area contributed by atoms with Gasteiger partial charge < -0.3 is 19.5 Å². The van der Waals surface area contributed by atoms with Gasteiger partial charge in [0.1, 0.15) is 16.8 Å². The van der Waals surface area contributed by atoms with Crippen molar-refractivity contribution in [2.24, 2.45) is 4.99 Å². The van der Waals surface area contributed by atoms with E-state index in [1.807, 2.05) is 19.1 Å². The fourth-order valence-corrected chi connectivity index (χ4v) is 4.84. The van der Waals surface area contributed by atoms with Gasteiger partial charge in [-0.15, -0.1) is 0 Å². The molecule has 2 aliphatic heterocycles. The number of amides is 3. The molecule has 1 saturated heterocycles. The van der Waals surface area contributed by atoms with E-state index in [9.17, 15) is 14.4 Å². The zero-order valence-electron chi connectivity index (χ0n) is 18.2. The molecule has 1 aromatic heterocycles. The van der Waals surface area contributed by atoms with E-state index < -0.39 is 5.25 Å². The van der Waals surface area contributed by atoms with Gasteiger partial charge in [0, 0.05) is 37.8 Å². The number of nitrogens with one attached hydrogen (secondary N) is 1. The van der Waals surface area contributed by atoms with E-state index in [2.05, 4.69) is 15.2 Å². The molecule has 9 heteroatoms. The van der Waals surface area contributed by atoms with Crippen molar-refractivity contribution < 1.29 is 18.8 Å². The predicted molar refractivity (Wildman–Crippen MR) is 124 cm³/mol. The summed E-state index contributed by atoms with van der Waals surface area (Å²) in [6, 6.07) is 10.4. The largest absolute Gasteiger partial charge is 0.464 e. The molecule has 0 saturated carbocycles. The number of carbonyl (C=O) groups excluding carboxylic acids is 3. The Hall–Kier alpha value is -3.07. The van der Waals surface area contributed by atoms with Crippen LogP contribution in [0.5, 0.6) is 0 Å². The highest BCUT2D eigenvalue weighted by atomic mass is 32.2. The molecule has 0 bridgehead atoms. The van der Waals surface area contributed by atoms with E-state index in [1.54, 1.807) is 36.2 Å². The van der Waals surface area contributed by atoms with Crippen molar-refractivity contribution in [1.29, 1.82) is 0 Å². The third-order valence-electron chi connectivity index (χ3n) is 5.43. The van der Waals surface area contributed by atoms with Crippen LogP contribution < -0.4 is 5.32 Å². The fraction of sp³-hybridized carbons (Fsp3) is 0.391. The Morgan fingerprint density at radius 1 is 1.19 bits per heavy atom. The van der Waals surface area contributed by atoms with Gasteiger partial charge in [0.25, 0.3) is 11.8 Å². The van der Waals surface area contributed by atoms with Gasteiger partial charge in [0.05, 0.1) is 6.54 Å². The molecule has 1 fully saturated rings. The Morgan fingerprint density at radius 3 is 2.56 bits per heavy atom. The van der Waals surface area contributed by atoms with Gasteiger partial charge in [-0.1, -0.05) is 11.8 Å². The highest BCUT2D eigenvalue weighted by Gasteiger charge is 2.33. The van der Waals surface area contributed by atoms with E-state index >= 15 is 0 Å². The average molecular weight is 455 g/mol. The highest BCUT2D eigenvalue weighted by Crippen LogP contribution is 2.29. The Bertz CT molecular complexity index is 1040. The van der Waals surface area contributed by atoms with Crippen molar-refractivity contribution in [3.05, 3.63) is 53.5 Å². The van der Waals surface area contributed by atoms with Crippen LogP contribution >= 0.6 is 11.8 Å². The molecule has 1 unspecified atom stereocenters. The molecule has 3 heterocycles. The number of likely N-dealkylation sites (tertiary alicyclic amines) is 1. The van der Waals surface area contributed by atoms with E-state index in [0.29, 0.717) is 17.8 Å². The third-order valence-corrected chi connectivity index (χ3v) is 6.64. The molecular weight excluding hydrogens is 428 g/mol. The topological polar surface area (TPSA) is 95.2 Å². The Labute approximate surface area is 191 Å². The number of aryl methyl sites for hydroxylation is 1. The van der Waals surface area contributed by atoms with E-state index in [0.717, 1.165) is 42.6 Å². The van der Waals surface area contributed by atoms with Crippen molar-refractivity contribution in [2.75, 3.05) is 25.5 Å². The number of hydrogen-bond donors (Lipinski definition) is 1. The molecule has 2 aliphatic rings. The van der Waals surface area contributed by atoms with Crippen LogP contribution in [0.4, 0.5) is 5.69 Å². The smallest absolute Gasteiger partial charge is 0.262 e. The van der Waals surface area contributed by atoms with Crippen molar-refractivity contribution in [1.82, 2.24) is 9.80 Å². The van der Waals surface area contributed by atoms with Crippen molar-refractivity contribution >= 4 is 40.3 Å². The minimum atomic E-state index is -0.481. The number of amidine groups is 1. The number of nitrogens with zero attached hydrogens (tertiary/aromatic N) is 3. The Kier molecular flexibility index (Phi) is 6.64. The molecule has 4 rings (SSSR count). The van der Waals surface area contributed by atoms with Gasteiger partial charge in [-0.05, 0) is 56.2 Å². The van der Waals surface area contributed by atoms with Gasteiger partial charge in [-0.25, -0.2) is 0 Å². The lowest BCUT2D eigenvalue weighted by Crippen LogP contribution is -2.26. The Balaban J connectivity index is 1.28. The first-order valence-electron chi connectivity index (χ1n) is 10.6. The average Bonchev–Trinajstić information content (AvgIpc) is 3.51. The van der Waals surface area contributed by atoms with Gasteiger partial charge in [-0.2, -0.15) is 4.99 Å². The van der Waals surface area contributed by atoms with E-state index in [-0.39, 0.29) is 24.1 Å². The molecule has 168 valence electrons. The lowest BCUT2D eigenvalue weighted by Gasteiger charge is -2.16.